The molecule has 1 aromatic heterocycles. The van der Waals surface area contributed by atoms with Gasteiger partial charge >= 0.3 is 0 Å². The smallest absolute Gasteiger partial charge is 0.138 e. The van der Waals surface area contributed by atoms with E-state index in [9.17, 15) is 0 Å². The molecular weight excluding hydrogens is 306 g/mol. The lowest BCUT2D eigenvalue weighted by Crippen LogP contribution is -2.30. The van der Waals surface area contributed by atoms with E-state index in [4.69, 9.17) is 4.98 Å². The predicted molar refractivity (Wildman–Crippen MR) is 103 cm³/mol. The van der Waals surface area contributed by atoms with Crippen molar-refractivity contribution >= 4 is 16.7 Å². The fourth-order valence-corrected chi connectivity index (χ4v) is 3.66. The summed E-state index contributed by atoms with van der Waals surface area (Å²) in [5, 5.41) is 0. The number of nitrogens with one attached hydrogen (secondary N) is 1. The standard InChI is InChI=1S/C22H19N3/c1-2-7-18-15-25(13-12-16(18)6-1)19-9-5-8-17(14-19)22-23-20-10-3-4-11-21(20)24-22/h1-11,14H,12-13,15H2,(H,23,24). The molecule has 3 aromatic carbocycles. The number of para-hydroxylation sites is 2. The molecule has 0 atom stereocenters. The highest BCUT2D eigenvalue weighted by atomic mass is 15.1. The van der Waals surface area contributed by atoms with Gasteiger partial charge in [0.05, 0.1) is 11.0 Å². The molecule has 3 nitrogen and oxygen atoms in total. The van der Waals surface area contributed by atoms with Crippen LogP contribution < -0.4 is 4.90 Å². The molecule has 0 amide bonds. The van der Waals surface area contributed by atoms with Crippen molar-refractivity contribution in [2.24, 2.45) is 0 Å². The molecule has 0 radical (unpaired) electrons. The van der Waals surface area contributed by atoms with Crippen LogP contribution in [0.2, 0.25) is 0 Å². The minimum Gasteiger partial charge on any atom is -0.367 e. The van der Waals surface area contributed by atoms with E-state index >= 15 is 0 Å². The van der Waals surface area contributed by atoms with Crippen LogP contribution in [0, 0.1) is 0 Å². The quantitative estimate of drug-likeness (QED) is 0.574. The van der Waals surface area contributed by atoms with Crippen LogP contribution in [0.4, 0.5) is 5.69 Å². The summed E-state index contributed by atoms with van der Waals surface area (Å²) in [6, 6.07) is 25.6. The summed E-state index contributed by atoms with van der Waals surface area (Å²) < 4.78 is 0. The number of imidazole rings is 1. The summed E-state index contributed by atoms with van der Waals surface area (Å²) in [5.41, 5.74) is 7.39. The van der Waals surface area contributed by atoms with Crippen LogP contribution in [-0.2, 0) is 13.0 Å². The van der Waals surface area contributed by atoms with Gasteiger partial charge in [-0.2, -0.15) is 0 Å². The van der Waals surface area contributed by atoms with Crippen molar-refractivity contribution in [2.45, 2.75) is 13.0 Å². The lowest BCUT2D eigenvalue weighted by atomic mass is 9.99. The van der Waals surface area contributed by atoms with E-state index in [-0.39, 0.29) is 0 Å². The average molecular weight is 325 g/mol. The van der Waals surface area contributed by atoms with Gasteiger partial charge in [-0.15, -0.1) is 0 Å². The number of rotatable bonds is 2. The topological polar surface area (TPSA) is 31.9 Å². The van der Waals surface area contributed by atoms with Crippen molar-refractivity contribution in [1.29, 1.82) is 0 Å². The van der Waals surface area contributed by atoms with E-state index in [0.717, 1.165) is 41.9 Å². The summed E-state index contributed by atoms with van der Waals surface area (Å²) in [6.07, 6.45) is 1.10. The monoisotopic (exact) mass is 325 g/mol. The zero-order valence-electron chi connectivity index (χ0n) is 13.9. The predicted octanol–water partition coefficient (Wildman–Crippen LogP) is 4.79. The summed E-state index contributed by atoms with van der Waals surface area (Å²) in [6.45, 7) is 2.03. The third-order valence-corrected chi connectivity index (χ3v) is 5.00. The van der Waals surface area contributed by atoms with Crippen LogP contribution in [0.1, 0.15) is 11.1 Å². The Morgan fingerprint density at radius 1 is 0.840 bits per heavy atom. The molecule has 2 heterocycles. The van der Waals surface area contributed by atoms with Crippen LogP contribution in [-0.4, -0.2) is 16.5 Å². The van der Waals surface area contributed by atoms with Crippen LogP contribution in [0.15, 0.2) is 72.8 Å². The molecule has 25 heavy (non-hydrogen) atoms. The zero-order valence-corrected chi connectivity index (χ0v) is 13.9. The lowest BCUT2D eigenvalue weighted by Gasteiger charge is -2.31. The maximum atomic E-state index is 4.73. The van der Waals surface area contributed by atoms with Gasteiger partial charge in [0, 0.05) is 24.3 Å². The molecule has 122 valence electrons. The number of nitrogens with zero attached hydrogens (tertiary/aromatic N) is 2. The van der Waals surface area contributed by atoms with Crippen LogP contribution in [0.5, 0.6) is 0 Å². The minimum atomic E-state index is 0.931. The van der Waals surface area contributed by atoms with Gasteiger partial charge in [0.1, 0.15) is 5.82 Å². The van der Waals surface area contributed by atoms with Gasteiger partial charge in [0.15, 0.2) is 0 Å². The van der Waals surface area contributed by atoms with E-state index < -0.39 is 0 Å². The lowest BCUT2D eigenvalue weighted by molar-refractivity contribution is 0.732. The molecule has 4 aromatic rings. The highest BCUT2D eigenvalue weighted by molar-refractivity contribution is 5.79. The first-order chi connectivity index (χ1) is 12.4. The number of H-pyrrole nitrogens is 1. The highest BCUT2D eigenvalue weighted by Crippen LogP contribution is 2.28. The number of benzene rings is 3. The van der Waals surface area contributed by atoms with Crippen molar-refractivity contribution in [1.82, 2.24) is 9.97 Å². The zero-order chi connectivity index (χ0) is 16.6. The van der Waals surface area contributed by atoms with Gasteiger partial charge in [-0.3, -0.25) is 0 Å². The Balaban J connectivity index is 1.49. The molecule has 0 saturated heterocycles. The van der Waals surface area contributed by atoms with Crippen molar-refractivity contribution in [3.05, 3.63) is 83.9 Å². The molecule has 0 spiro atoms. The minimum absolute atomic E-state index is 0.931. The second-order valence-corrected chi connectivity index (χ2v) is 6.59. The Morgan fingerprint density at radius 2 is 1.68 bits per heavy atom. The van der Waals surface area contributed by atoms with Gasteiger partial charge in [0.25, 0.3) is 0 Å². The van der Waals surface area contributed by atoms with E-state index in [1.54, 1.807) is 0 Å². The first-order valence-electron chi connectivity index (χ1n) is 8.74. The number of aromatic nitrogens is 2. The van der Waals surface area contributed by atoms with Crippen molar-refractivity contribution in [3.8, 4) is 11.4 Å². The third kappa shape index (κ3) is 2.58. The van der Waals surface area contributed by atoms with Crippen molar-refractivity contribution in [3.63, 3.8) is 0 Å². The third-order valence-electron chi connectivity index (χ3n) is 5.00. The molecule has 1 N–H and O–H groups in total. The Labute approximate surface area is 147 Å². The van der Waals surface area contributed by atoms with Gasteiger partial charge in [-0.25, -0.2) is 4.98 Å². The second-order valence-electron chi connectivity index (χ2n) is 6.59. The second kappa shape index (κ2) is 5.78. The molecule has 5 rings (SSSR count). The molecule has 0 fully saturated rings. The van der Waals surface area contributed by atoms with Gasteiger partial charge in [-0.1, -0.05) is 48.5 Å². The maximum Gasteiger partial charge on any atom is 0.138 e. The first-order valence-corrected chi connectivity index (χ1v) is 8.74. The van der Waals surface area contributed by atoms with E-state index in [2.05, 4.69) is 64.5 Å². The summed E-state index contributed by atoms with van der Waals surface area (Å²) in [7, 11) is 0. The van der Waals surface area contributed by atoms with E-state index in [1.165, 1.54) is 16.8 Å². The Bertz CT molecular complexity index is 1010. The first kappa shape index (κ1) is 14.3. The van der Waals surface area contributed by atoms with Crippen LogP contribution in [0.25, 0.3) is 22.4 Å². The van der Waals surface area contributed by atoms with Crippen molar-refractivity contribution < 1.29 is 0 Å². The van der Waals surface area contributed by atoms with E-state index in [1.807, 2.05) is 18.2 Å². The summed E-state index contributed by atoms with van der Waals surface area (Å²) in [4.78, 5) is 10.6. The number of hydrogen-bond donors (Lipinski definition) is 1. The summed E-state index contributed by atoms with van der Waals surface area (Å²) in [5.74, 6) is 0.931. The Kier molecular flexibility index (Phi) is 3.30. The van der Waals surface area contributed by atoms with Gasteiger partial charge in [0.2, 0.25) is 0 Å². The molecule has 0 unspecified atom stereocenters. The highest BCUT2D eigenvalue weighted by Gasteiger charge is 2.16. The average Bonchev–Trinajstić information content (AvgIpc) is 3.12. The van der Waals surface area contributed by atoms with Crippen LogP contribution >= 0.6 is 0 Å². The Morgan fingerprint density at radius 3 is 2.60 bits per heavy atom. The molecule has 1 aliphatic rings. The number of aromatic amines is 1. The fourth-order valence-electron chi connectivity index (χ4n) is 3.66. The molecule has 1 aliphatic heterocycles. The molecular formula is C22H19N3. The largest absolute Gasteiger partial charge is 0.367 e. The molecule has 0 aliphatic carbocycles. The number of hydrogen-bond acceptors (Lipinski definition) is 2. The fraction of sp³-hybridized carbons (Fsp3) is 0.136. The van der Waals surface area contributed by atoms with Gasteiger partial charge in [-0.05, 0) is 41.8 Å². The van der Waals surface area contributed by atoms with Crippen LogP contribution in [0.3, 0.4) is 0 Å². The normalized spacial score (nSPS) is 13.8. The number of anilines is 1. The molecule has 0 bridgehead atoms. The van der Waals surface area contributed by atoms with Gasteiger partial charge < -0.3 is 9.88 Å². The van der Waals surface area contributed by atoms with E-state index in [0.29, 0.717) is 0 Å². The SMILES string of the molecule is c1cc(-c2nc3ccccc3[nH]2)cc(N2CCc3ccccc3C2)c1. The number of fused-ring (bicyclic) bond motifs is 2. The Hall–Kier alpha value is -3.07. The summed E-state index contributed by atoms with van der Waals surface area (Å²) >= 11 is 0. The molecule has 3 heteroatoms. The maximum absolute atomic E-state index is 4.73. The molecule has 0 saturated carbocycles. The van der Waals surface area contributed by atoms with Crippen molar-refractivity contribution in [2.75, 3.05) is 11.4 Å².